The molecular formula is C18H13BrN4OS2. The van der Waals surface area contributed by atoms with Crippen molar-refractivity contribution in [2.24, 2.45) is 0 Å². The van der Waals surface area contributed by atoms with Crippen molar-refractivity contribution in [3.8, 4) is 16.3 Å². The summed E-state index contributed by atoms with van der Waals surface area (Å²) in [5.74, 6) is -0.106. The van der Waals surface area contributed by atoms with E-state index < -0.39 is 0 Å². The Morgan fingerprint density at radius 1 is 1.19 bits per heavy atom. The van der Waals surface area contributed by atoms with Gasteiger partial charge in [-0.3, -0.25) is 4.79 Å². The van der Waals surface area contributed by atoms with Gasteiger partial charge in [-0.15, -0.1) is 22.7 Å². The Morgan fingerprint density at radius 3 is 2.81 bits per heavy atom. The zero-order valence-corrected chi connectivity index (χ0v) is 16.6. The largest absolute Gasteiger partial charge is 0.302 e. The molecule has 0 atom stereocenters. The van der Waals surface area contributed by atoms with Crippen LogP contribution in [0.4, 0.5) is 5.13 Å². The van der Waals surface area contributed by atoms with Gasteiger partial charge in [0.15, 0.2) is 5.13 Å². The average Bonchev–Trinajstić information content (AvgIpc) is 3.37. The molecule has 0 aliphatic carbocycles. The molecule has 3 aromatic heterocycles. The van der Waals surface area contributed by atoms with Crippen molar-refractivity contribution < 1.29 is 4.79 Å². The number of halogens is 1. The first-order chi connectivity index (χ1) is 12.7. The van der Waals surface area contributed by atoms with E-state index in [9.17, 15) is 4.79 Å². The van der Waals surface area contributed by atoms with Crippen LogP contribution in [0.1, 0.15) is 5.56 Å². The molecule has 0 saturated heterocycles. The maximum absolute atomic E-state index is 12.3. The highest BCUT2D eigenvalue weighted by Gasteiger charge is 2.11. The van der Waals surface area contributed by atoms with E-state index in [1.807, 2.05) is 54.0 Å². The molecule has 0 fully saturated rings. The number of hydrogen-bond acceptors (Lipinski definition) is 5. The molecule has 5 nitrogen and oxygen atoms in total. The molecule has 0 bridgehead atoms. The molecule has 0 unspecified atom stereocenters. The molecule has 0 spiro atoms. The molecule has 8 heteroatoms. The van der Waals surface area contributed by atoms with Crippen LogP contribution in [-0.2, 0) is 11.2 Å². The molecule has 0 aliphatic heterocycles. The number of anilines is 1. The van der Waals surface area contributed by atoms with E-state index in [-0.39, 0.29) is 12.3 Å². The van der Waals surface area contributed by atoms with Gasteiger partial charge in [-0.25, -0.2) is 9.67 Å². The molecule has 1 N–H and O–H groups in total. The van der Waals surface area contributed by atoms with Gasteiger partial charge in [0, 0.05) is 11.6 Å². The van der Waals surface area contributed by atoms with Gasteiger partial charge >= 0.3 is 0 Å². The Hall–Kier alpha value is -2.29. The zero-order valence-electron chi connectivity index (χ0n) is 13.4. The molecular weight excluding hydrogens is 432 g/mol. The minimum Gasteiger partial charge on any atom is -0.302 e. The molecule has 130 valence electrons. The number of nitrogens with zero attached hydrogens (tertiary/aromatic N) is 3. The van der Waals surface area contributed by atoms with Crippen molar-refractivity contribution in [3.63, 3.8) is 0 Å². The summed E-state index contributed by atoms with van der Waals surface area (Å²) in [6, 6.07) is 13.8. The van der Waals surface area contributed by atoms with Gasteiger partial charge in [-0.2, -0.15) is 5.10 Å². The minimum absolute atomic E-state index is 0.106. The Balaban J connectivity index is 1.40. The lowest BCUT2D eigenvalue weighted by Crippen LogP contribution is -2.13. The molecule has 4 rings (SSSR count). The van der Waals surface area contributed by atoms with Gasteiger partial charge in [0.1, 0.15) is 0 Å². The minimum atomic E-state index is -0.106. The molecule has 0 radical (unpaired) electrons. The highest BCUT2D eigenvalue weighted by atomic mass is 79.9. The van der Waals surface area contributed by atoms with Gasteiger partial charge in [0.05, 0.1) is 32.7 Å². The summed E-state index contributed by atoms with van der Waals surface area (Å²) in [5, 5.41) is 9.72. The van der Waals surface area contributed by atoms with E-state index in [4.69, 9.17) is 0 Å². The molecule has 3 heterocycles. The van der Waals surface area contributed by atoms with Crippen LogP contribution in [0.3, 0.4) is 0 Å². The second kappa shape index (κ2) is 7.53. The molecule has 26 heavy (non-hydrogen) atoms. The molecule has 0 saturated carbocycles. The van der Waals surface area contributed by atoms with E-state index in [1.165, 1.54) is 11.3 Å². The number of thiophene rings is 1. The smallest absolute Gasteiger partial charge is 0.230 e. The van der Waals surface area contributed by atoms with Crippen LogP contribution in [0, 0.1) is 0 Å². The fourth-order valence-electron chi connectivity index (χ4n) is 2.42. The van der Waals surface area contributed by atoms with E-state index in [0.717, 1.165) is 25.6 Å². The van der Waals surface area contributed by atoms with Crippen molar-refractivity contribution in [1.29, 1.82) is 0 Å². The maximum atomic E-state index is 12.3. The lowest BCUT2D eigenvalue weighted by molar-refractivity contribution is -0.115. The van der Waals surface area contributed by atoms with E-state index in [1.54, 1.807) is 22.2 Å². The summed E-state index contributed by atoms with van der Waals surface area (Å²) >= 11 is 6.48. The van der Waals surface area contributed by atoms with Crippen molar-refractivity contribution in [3.05, 3.63) is 69.6 Å². The Labute approximate surface area is 166 Å². The topological polar surface area (TPSA) is 59.8 Å². The summed E-state index contributed by atoms with van der Waals surface area (Å²) in [7, 11) is 0. The number of nitrogens with one attached hydrogen (secondary N) is 1. The quantitative estimate of drug-likeness (QED) is 0.470. The normalized spacial score (nSPS) is 10.8. The van der Waals surface area contributed by atoms with Gasteiger partial charge in [0.25, 0.3) is 0 Å². The average molecular weight is 445 g/mol. The molecule has 0 aliphatic rings. The van der Waals surface area contributed by atoms with Crippen molar-refractivity contribution in [2.45, 2.75) is 6.42 Å². The van der Waals surface area contributed by atoms with Gasteiger partial charge in [0.2, 0.25) is 5.91 Å². The van der Waals surface area contributed by atoms with Gasteiger partial charge in [-0.05, 0) is 45.8 Å². The number of benzene rings is 1. The summed E-state index contributed by atoms with van der Waals surface area (Å²) in [6.07, 6.45) is 3.83. The lowest BCUT2D eigenvalue weighted by atomic mass is 10.2. The third-order valence-corrected chi connectivity index (χ3v) is 6.00. The SMILES string of the molecule is O=C(Cc1cnn(-c2ccccc2)c1)Nc1nc(-c2ccc(Br)s2)cs1. The number of thiazole rings is 1. The van der Waals surface area contributed by atoms with E-state index in [2.05, 4.69) is 31.3 Å². The zero-order chi connectivity index (χ0) is 17.9. The third kappa shape index (κ3) is 3.92. The predicted molar refractivity (Wildman–Crippen MR) is 109 cm³/mol. The van der Waals surface area contributed by atoms with Crippen LogP contribution >= 0.6 is 38.6 Å². The number of amides is 1. The van der Waals surface area contributed by atoms with Crippen molar-refractivity contribution in [1.82, 2.24) is 14.8 Å². The number of aromatic nitrogens is 3. The monoisotopic (exact) mass is 444 g/mol. The number of carbonyl (C=O) groups is 1. The van der Waals surface area contributed by atoms with E-state index >= 15 is 0 Å². The second-order valence-corrected chi connectivity index (χ2v) is 8.82. The van der Waals surface area contributed by atoms with E-state index in [0.29, 0.717) is 5.13 Å². The Bertz CT molecular complexity index is 1040. The fraction of sp³-hybridized carbons (Fsp3) is 0.0556. The van der Waals surface area contributed by atoms with Crippen LogP contribution in [0.25, 0.3) is 16.3 Å². The summed E-state index contributed by atoms with van der Waals surface area (Å²) in [4.78, 5) is 17.8. The number of hydrogen-bond donors (Lipinski definition) is 1. The van der Waals surface area contributed by atoms with Crippen LogP contribution in [0.5, 0.6) is 0 Å². The highest BCUT2D eigenvalue weighted by molar-refractivity contribution is 9.11. The maximum Gasteiger partial charge on any atom is 0.230 e. The van der Waals surface area contributed by atoms with Crippen LogP contribution < -0.4 is 5.32 Å². The highest BCUT2D eigenvalue weighted by Crippen LogP contribution is 2.33. The van der Waals surface area contributed by atoms with Crippen LogP contribution in [0.2, 0.25) is 0 Å². The third-order valence-electron chi connectivity index (χ3n) is 3.60. The standard InChI is InChI=1S/C18H13BrN4OS2/c19-16-7-6-15(26-16)14-11-25-18(21-14)22-17(24)8-12-9-20-23(10-12)13-4-2-1-3-5-13/h1-7,9-11H,8H2,(H,21,22,24). The van der Waals surface area contributed by atoms with Crippen molar-refractivity contribution >= 4 is 49.6 Å². The molecule has 1 amide bonds. The summed E-state index contributed by atoms with van der Waals surface area (Å²) in [5.41, 5.74) is 2.69. The molecule has 1 aromatic carbocycles. The summed E-state index contributed by atoms with van der Waals surface area (Å²) in [6.45, 7) is 0. The first-order valence-electron chi connectivity index (χ1n) is 7.77. The summed E-state index contributed by atoms with van der Waals surface area (Å²) < 4.78 is 2.82. The second-order valence-electron chi connectivity index (χ2n) is 5.50. The van der Waals surface area contributed by atoms with Crippen molar-refractivity contribution in [2.75, 3.05) is 5.32 Å². The van der Waals surface area contributed by atoms with Crippen LogP contribution in [0.15, 0.2) is 64.0 Å². The Morgan fingerprint density at radius 2 is 2.04 bits per heavy atom. The van der Waals surface area contributed by atoms with Crippen LogP contribution in [-0.4, -0.2) is 20.7 Å². The number of rotatable bonds is 5. The van der Waals surface area contributed by atoms with Gasteiger partial charge in [-0.1, -0.05) is 18.2 Å². The predicted octanol–water partition coefficient (Wildman–Crippen LogP) is 5.00. The lowest BCUT2D eigenvalue weighted by Gasteiger charge is -2.00. The number of para-hydroxylation sites is 1. The molecule has 4 aromatic rings. The first kappa shape index (κ1) is 17.1. The first-order valence-corrected chi connectivity index (χ1v) is 10.3. The fourth-order valence-corrected chi connectivity index (χ4v) is 4.57. The Kier molecular flexibility index (Phi) is 4.96. The van der Waals surface area contributed by atoms with Gasteiger partial charge < -0.3 is 5.32 Å². The number of carbonyl (C=O) groups excluding carboxylic acids is 1.